The number of fused-ring (bicyclic) bond motifs is 3. The van der Waals surface area contributed by atoms with Crippen molar-refractivity contribution in [2.75, 3.05) is 0 Å². The third kappa shape index (κ3) is 15.0. The fourth-order valence-electron chi connectivity index (χ4n) is 11.2. The van der Waals surface area contributed by atoms with Crippen LogP contribution in [0.3, 0.4) is 0 Å². The van der Waals surface area contributed by atoms with Crippen molar-refractivity contribution in [3.63, 3.8) is 0 Å². The van der Waals surface area contributed by atoms with Gasteiger partial charge in [-0.15, -0.1) is 0 Å². The molecule has 25 heteroatoms. The number of benzene rings is 9. The summed E-state index contributed by atoms with van der Waals surface area (Å²) in [6.07, 6.45) is -4.53. The number of aromatic nitrogens is 3. The predicted octanol–water partition coefficient (Wildman–Crippen LogP) is 18.9. The largest absolute Gasteiger partial charge is 0.505 e. The van der Waals surface area contributed by atoms with Gasteiger partial charge in [-0.25, -0.2) is 27.6 Å². The molecular formula is C80H48BrF6N3O12S3. The van der Waals surface area contributed by atoms with Gasteiger partial charge in [-0.05, 0) is 157 Å². The number of pyridine rings is 3. The molecule has 0 radical (unpaired) electrons. The fourth-order valence-corrected chi connectivity index (χ4v) is 14.1. The Morgan fingerprint density at radius 3 is 0.981 bits per heavy atom. The second-order valence-corrected chi connectivity index (χ2v) is 27.1. The highest BCUT2D eigenvalue weighted by Crippen LogP contribution is 2.42. The van der Waals surface area contributed by atoms with E-state index < -0.39 is 80.0 Å². The van der Waals surface area contributed by atoms with Crippen molar-refractivity contribution in [3.05, 3.63) is 350 Å². The number of rotatable bonds is 12. The molecular weight excluding hydrogens is 1480 g/mol. The minimum absolute atomic E-state index is 0.0288. The van der Waals surface area contributed by atoms with Gasteiger partial charge < -0.3 is 28.6 Å². The number of aryl methyl sites for hydroxylation is 1. The first-order valence-corrected chi connectivity index (χ1v) is 34.6. The van der Waals surface area contributed by atoms with E-state index >= 15 is 0 Å². The predicted molar refractivity (Wildman–Crippen MR) is 395 cm³/mol. The zero-order valence-electron chi connectivity index (χ0n) is 54.0. The number of aromatic hydroxyl groups is 3. The summed E-state index contributed by atoms with van der Waals surface area (Å²) in [5, 5.41) is 32.6. The Balaban J connectivity index is 0.000000140. The van der Waals surface area contributed by atoms with E-state index in [-0.39, 0.29) is 52.5 Å². The Morgan fingerprint density at radius 2 is 0.667 bits per heavy atom. The zero-order chi connectivity index (χ0) is 74.0. The SMILES string of the molecule is Cc1ccccc1Sc1c(O)c2c(=O)n(-c3ccc(F)cc3)c(-c3ccccc3)cc2oc1=O.O=c1oc2cc(-c3ccccc3)n(-c3ccc(F)cc3)c(=O)c2c(O)c1Sc1ccc(Br)cc1.O=c1oc2cc(-c3ccccc3)n(-c3ccc(F)cc3)c(=O)c2c(O)c1Sc1ccc(C(F)(F)F)cc1. The molecule has 6 aromatic heterocycles. The molecule has 0 saturated carbocycles. The molecule has 0 aliphatic carbocycles. The van der Waals surface area contributed by atoms with E-state index in [0.29, 0.717) is 67.5 Å². The van der Waals surface area contributed by atoms with Gasteiger partial charge in [0.05, 0.1) is 22.6 Å². The van der Waals surface area contributed by atoms with E-state index in [4.69, 9.17) is 13.3 Å². The maximum atomic E-state index is 13.7. The van der Waals surface area contributed by atoms with Gasteiger partial charge in [-0.3, -0.25) is 28.1 Å². The lowest BCUT2D eigenvalue weighted by Crippen LogP contribution is -2.21. The molecule has 0 unspecified atom stereocenters. The van der Waals surface area contributed by atoms with Crippen LogP contribution in [-0.2, 0) is 6.18 Å². The van der Waals surface area contributed by atoms with Crippen molar-refractivity contribution in [3.8, 4) is 68.1 Å². The topological polar surface area (TPSA) is 217 Å². The van der Waals surface area contributed by atoms with Crippen LogP contribution in [0.25, 0.3) is 83.7 Å². The summed E-state index contributed by atoms with van der Waals surface area (Å²) in [4.78, 5) is 80.7. The molecule has 15 aromatic rings. The average molecular weight is 1530 g/mol. The van der Waals surface area contributed by atoms with E-state index in [0.717, 1.165) is 62.7 Å². The second kappa shape index (κ2) is 30.1. The van der Waals surface area contributed by atoms with Crippen LogP contribution in [0.15, 0.2) is 331 Å². The van der Waals surface area contributed by atoms with E-state index in [9.17, 15) is 70.4 Å². The van der Waals surface area contributed by atoms with Crippen LogP contribution in [0, 0.1) is 24.4 Å². The number of nitrogens with zero attached hydrogens (tertiary/aromatic N) is 3. The van der Waals surface area contributed by atoms with Gasteiger partial charge in [-0.2, -0.15) is 13.2 Å². The molecule has 0 fully saturated rings. The maximum absolute atomic E-state index is 13.7. The van der Waals surface area contributed by atoms with Crippen molar-refractivity contribution in [1.29, 1.82) is 0 Å². The molecule has 0 bridgehead atoms. The third-order valence-electron chi connectivity index (χ3n) is 16.2. The molecule has 15 nitrogen and oxygen atoms in total. The first-order chi connectivity index (χ1) is 50.5. The Bertz CT molecular complexity index is 6210. The Labute approximate surface area is 609 Å². The van der Waals surface area contributed by atoms with Crippen molar-refractivity contribution in [2.45, 2.75) is 42.5 Å². The molecule has 15 rings (SSSR count). The smallest absolute Gasteiger partial charge is 0.416 e. The zero-order valence-corrected chi connectivity index (χ0v) is 58.0. The molecule has 3 N–H and O–H groups in total. The van der Waals surface area contributed by atoms with Crippen LogP contribution in [0.5, 0.6) is 17.2 Å². The molecule has 105 heavy (non-hydrogen) atoms. The van der Waals surface area contributed by atoms with Crippen LogP contribution in [0.4, 0.5) is 26.3 Å². The summed E-state index contributed by atoms with van der Waals surface area (Å²) < 4.78 is 101. The molecule has 0 aliphatic rings. The number of alkyl halides is 3. The Morgan fingerprint density at radius 1 is 0.371 bits per heavy atom. The maximum Gasteiger partial charge on any atom is 0.416 e. The minimum atomic E-state index is -4.53. The monoisotopic (exact) mass is 1530 g/mol. The summed E-state index contributed by atoms with van der Waals surface area (Å²) >= 11 is 6.07. The van der Waals surface area contributed by atoms with Gasteiger partial charge in [0.15, 0.2) is 17.2 Å². The summed E-state index contributed by atoms with van der Waals surface area (Å²) in [5.74, 6) is -2.97. The van der Waals surface area contributed by atoms with Gasteiger partial charge in [0.25, 0.3) is 16.7 Å². The molecule has 0 amide bonds. The lowest BCUT2D eigenvalue weighted by atomic mass is 10.1. The molecule has 0 saturated heterocycles. The number of hydrogen-bond acceptors (Lipinski definition) is 15. The molecule has 9 aromatic carbocycles. The third-order valence-corrected chi connectivity index (χ3v) is 20.2. The van der Waals surface area contributed by atoms with Crippen molar-refractivity contribution >= 4 is 84.1 Å². The first kappa shape index (κ1) is 71.4. The summed E-state index contributed by atoms with van der Waals surface area (Å²) in [6.45, 7) is 1.88. The molecule has 0 spiro atoms. The normalized spacial score (nSPS) is 11.3. The van der Waals surface area contributed by atoms with Crippen molar-refractivity contribution < 1.29 is 54.9 Å². The van der Waals surface area contributed by atoms with Crippen LogP contribution in [0.1, 0.15) is 11.1 Å². The van der Waals surface area contributed by atoms with Gasteiger partial charge >= 0.3 is 23.1 Å². The Hall–Kier alpha value is -12.0. The van der Waals surface area contributed by atoms with E-state index in [1.165, 1.54) is 98.6 Å². The van der Waals surface area contributed by atoms with Gasteiger partial charge in [0.2, 0.25) is 0 Å². The number of halogens is 7. The van der Waals surface area contributed by atoms with Crippen LogP contribution < -0.4 is 33.6 Å². The molecule has 6 heterocycles. The quantitative estimate of drug-likeness (QED) is 0.0969. The molecule has 0 aliphatic heterocycles. The molecule has 0 atom stereocenters. The van der Waals surface area contributed by atoms with Gasteiger partial charge in [0, 0.05) is 54.4 Å². The lowest BCUT2D eigenvalue weighted by molar-refractivity contribution is -0.137. The van der Waals surface area contributed by atoms with Crippen LogP contribution in [-0.4, -0.2) is 29.0 Å². The van der Waals surface area contributed by atoms with Gasteiger partial charge in [-0.1, -0.05) is 160 Å². The van der Waals surface area contributed by atoms with Crippen molar-refractivity contribution in [1.82, 2.24) is 13.7 Å². The van der Waals surface area contributed by atoms with Crippen LogP contribution in [0.2, 0.25) is 0 Å². The van der Waals surface area contributed by atoms with Gasteiger partial charge in [0.1, 0.15) is 65.0 Å². The standard InChI is InChI=1S/C27H15F4NO4S.C27H18FNO4S.C26H15BrFNO4S/c28-17-8-10-18(11-9-17)32-20(15-4-2-1-3-5-15)14-21-22(25(32)34)23(33)24(26(35)36-21)37-19-12-6-16(7-13-19)27(29,30)31;1-16-7-5-6-10-22(16)34-25-24(30)23-21(33-27(25)32)15-20(17-8-3-2-4-9-17)29(26(23)31)19-13-11-18(28)12-14-19;27-16-6-12-19(13-7-16)34-24-23(30)22-21(33-26(24)32)14-20(15-4-2-1-3-5-15)29(25(22)31)18-10-8-17(28)9-11-18/h1-14,33H;2-15,30H,1H3;1-14,30H. The number of hydrogen-bond donors (Lipinski definition) is 3. The fraction of sp³-hybridized carbons (Fsp3) is 0.0250. The van der Waals surface area contributed by atoms with E-state index in [2.05, 4.69) is 15.9 Å². The average Bonchev–Trinajstić information content (AvgIpc) is 0.756. The summed E-state index contributed by atoms with van der Waals surface area (Å²) in [6, 6.07) is 65.9. The highest BCUT2D eigenvalue weighted by Gasteiger charge is 2.31. The molecule has 522 valence electrons. The Kier molecular flexibility index (Phi) is 20.5. The first-order valence-electron chi connectivity index (χ1n) is 31.3. The van der Waals surface area contributed by atoms with E-state index in [1.807, 2.05) is 67.6 Å². The highest BCUT2D eigenvalue weighted by molar-refractivity contribution is 9.10. The summed E-state index contributed by atoms with van der Waals surface area (Å²) in [5.41, 5.74) is -0.315. The summed E-state index contributed by atoms with van der Waals surface area (Å²) in [7, 11) is 0. The highest BCUT2D eigenvalue weighted by atomic mass is 79.9. The van der Waals surface area contributed by atoms with E-state index in [1.54, 1.807) is 84.9 Å². The minimum Gasteiger partial charge on any atom is -0.505 e. The van der Waals surface area contributed by atoms with Crippen LogP contribution >= 0.6 is 51.2 Å². The van der Waals surface area contributed by atoms with Crippen molar-refractivity contribution in [2.24, 2.45) is 0 Å². The second-order valence-electron chi connectivity index (χ2n) is 23.0. The lowest BCUT2D eigenvalue weighted by Gasteiger charge is -2.16.